The van der Waals surface area contributed by atoms with E-state index in [-0.39, 0.29) is 18.2 Å². The molecule has 1 N–H and O–H groups in total. The first-order chi connectivity index (χ1) is 15.1. The molecule has 2 amide bonds. The fourth-order valence-electron chi connectivity index (χ4n) is 2.97. The molecule has 0 aliphatic rings. The number of amides is 2. The maximum Gasteiger partial charge on any atom is 0.227 e. The lowest BCUT2D eigenvalue weighted by molar-refractivity contribution is -0.132. The summed E-state index contributed by atoms with van der Waals surface area (Å²) in [6.07, 6.45) is 4.90. The number of benzene rings is 1. The number of carbonyl (C=O) groups is 2. The van der Waals surface area contributed by atoms with Crippen molar-refractivity contribution in [2.45, 2.75) is 45.4 Å². The summed E-state index contributed by atoms with van der Waals surface area (Å²) in [5.41, 5.74) is 0.901. The maximum atomic E-state index is 12.5. The van der Waals surface area contributed by atoms with Crippen molar-refractivity contribution in [3.05, 3.63) is 24.3 Å². The third kappa shape index (κ3) is 8.63. The van der Waals surface area contributed by atoms with Gasteiger partial charge in [0.1, 0.15) is 10.8 Å². The molecule has 1 heterocycles. The Morgan fingerprint density at radius 2 is 1.81 bits per heavy atom. The lowest BCUT2D eigenvalue weighted by Crippen LogP contribution is -2.36. The van der Waals surface area contributed by atoms with E-state index in [0.29, 0.717) is 36.3 Å². The van der Waals surface area contributed by atoms with Crippen molar-refractivity contribution in [2.24, 2.45) is 0 Å². The number of carbonyl (C=O) groups excluding carboxylic acids is 2. The van der Waals surface area contributed by atoms with Gasteiger partial charge in [-0.05, 0) is 30.7 Å². The van der Waals surface area contributed by atoms with Gasteiger partial charge in [-0.15, -0.1) is 10.2 Å². The van der Waals surface area contributed by atoms with Crippen LogP contribution < -0.4 is 10.1 Å². The Hall–Kier alpha value is -2.52. The zero-order valence-corrected chi connectivity index (χ0v) is 19.4. The molecule has 0 fully saturated rings. The highest BCUT2D eigenvalue weighted by Crippen LogP contribution is 2.27. The van der Waals surface area contributed by atoms with Gasteiger partial charge in [-0.1, -0.05) is 37.5 Å². The van der Waals surface area contributed by atoms with Gasteiger partial charge >= 0.3 is 0 Å². The summed E-state index contributed by atoms with van der Waals surface area (Å²) >= 11 is 1.30. The Bertz CT molecular complexity index is 810. The molecule has 9 heteroatoms. The van der Waals surface area contributed by atoms with Crippen LogP contribution in [0.1, 0.15) is 45.4 Å². The topological polar surface area (TPSA) is 93.7 Å². The normalized spacial score (nSPS) is 10.7. The summed E-state index contributed by atoms with van der Waals surface area (Å²) in [6, 6.07) is 7.49. The number of rotatable bonds is 14. The van der Waals surface area contributed by atoms with Gasteiger partial charge in [0.25, 0.3) is 0 Å². The third-order valence-electron chi connectivity index (χ3n) is 4.78. The minimum atomic E-state index is -0.196. The average molecular weight is 449 g/mol. The van der Waals surface area contributed by atoms with Gasteiger partial charge in [-0.2, -0.15) is 0 Å². The quantitative estimate of drug-likeness (QED) is 0.439. The smallest absolute Gasteiger partial charge is 0.227 e. The van der Waals surface area contributed by atoms with E-state index in [1.807, 2.05) is 24.3 Å². The van der Waals surface area contributed by atoms with E-state index in [2.05, 4.69) is 22.4 Å². The maximum absolute atomic E-state index is 12.5. The second-order valence-corrected chi connectivity index (χ2v) is 8.10. The number of nitrogens with one attached hydrogen (secondary N) is 1. The summed E-state index contributed by atoms with van der Waals surface area (Å²) < 4.78 is 10.3. The Balaban J connectivity index is 1.85. The molecule has 0 aliphatic carbocycles. The molecular formula is C22H32N4O4S. The molecule has 0 bridgehead atoms. The van der Waals surface area contributed by atoms with E-state index in [1.165, 1.54) is 11.3 Å². The van der Waals surface area contributed by atoms with Crippen molar-refractivity contribution in [3.63, 3.8) is 0 Å². The number of methoxy groups -OCH3 is 2. The first-order valence-electron chi connectivity index (χ1n) is 10.6. The number of ether oxygens (including phenoxy) is 2. The number of anilines is 1. The van der Waals surface area contributed by atoms with Gasteiger partial charge in [0.05, 0.1) is 13.7 Å². The van der Waals surface area contributed by atoms with E-state index in [0.717, 1.165) is 37.0 Å². The van der Waals surface area contributed by atoms with Crippen molar-refractivity contribution in [1.82, 2.24) is 15.1 Å². The first kappa shape index (κ1) is 24.7. The van der Waals surface area contributed by atoms with E-state index < -0.39 is 0 Å². The van der Waals surface area contributed by atoms with Crippen molar-refractivity contribution >= 4 is 28.3 Å². The van der Waals surface area contributed by atoms with Crippen LogP contribution in [0.2, 0.25) is 0 Å². The van der Waals surface area contributed by atoms with Crippen LogP contribution in [0, 0.1) is 0 Å². The molecule has 0 unspecified atom stereocenters. The highest BCUT2D eigenvalue weighted by Gasteiger charge is 2.16. The second-order valence-electron chi connectivity index (χ2n) is 7.12. The zero-order chi connectivity index (χ0) is 22.5. The highest BCUT2D eigenvalue weighted by atomic mass is 32.1. The van der Waals surface area contributed by atoms with E-state index in [4.69, 9.17) is 9.47 Å². The lowest BCUT2D eigenvalue weighted by Gasteiger charge is -2.22. The van der Waals surface area contributed by atoms with E-state index in [9.17, 15) is 9.59 Å². The fraction of sp³-hybridized carbons (Fsp3) is 0.545. The molecule has 2 rings (SSSR count). The molecule has 31 heavy (non-hydrogen) atoms. The average Bonchev–Trinajstić information content (AvgIpc) is 3.25. The summed E-state index contributed by atoms with van der Waals surface area (Å²) in [6.45, 7) is 3.43. The van der Waals surface area contributed by atoms with Gasteiger partial charge < -0.3 is 19.7 Å². The van der Waals surface area contributed by atoms with E-state index in [1.54, 1.807) is 19.1 Å². The molecule has 1 aromatic heterocycles. The predicted octanol–water partition coefficient (Wildman–Crippen LogP) is 3.99. The van der Waals surface area contributed by atoms with Gasteiger partial charge in [-0.3, -0.25) is 9.59 Å². The Labute approximate surface area is 188 Å². The number of hydrogen-bond donors (Lipinski definition) is 1. The highest BCUT2D eigenvalue weighted by molar-refractivity contribution is 7.18. The van der Waals surface area contributed by atoms with Crippen molar-refractivity contribution < 1.29 is 19.1 Å². The standard InChI is InChI=1S/C22H32N4O4S/c1-4-5-6-7-8-20(28)26(15-16-29-2)14-13-19(27)23-22-25-24-21(31-22)17-9-11-18(30-3)12-10-17/h9-12H,4-8,13-16H2,1-3H3,(H,23,25,27). The molecule has 2 aromatic rings. The molecular weight excluding hydrogens is 416 g/mol. The molecule has 0 saturated heterocycles. The minimum absolute atomic E-state index is 0.0682. The van der Waals surface area contributed by atoms with Crippen molar-refractivity contribution in [2.75, 3.05) is 39.2 Å². The zero-order valence-electron chi connectivity index (χ0n) is 18.6. The SMILES string of the molecule is CCCCCCC(=O)N(CCOC)CCC(=O)Nc1nnc(-c2ccc(OC)cc2)s1. The third-order valence-corrected chi connectivity index (χ3v) is 5.67. The second kappa shape index (κ2) is 13.7. The molecule has 170 valence electrons. The largest absolute Gasteiger partial charge is 0.497 e. The molecule has 0 radical (unpaired) electrons. The number of nitrogens with zero attached hydrogens (tertiary/aromatic N) is 3. The van der Waals surface area contributed by atoms with Crippen LogP contribution in [0.15, 0.2) is 24.3 Å². The lowest BCUT2D eigenvalue weighted by atomic mass is 10.1. The van der Waals surface area contributed by atoms with Gasteiger partial charge in [0.15, 0.2) is 0 Å². The van der Waals surface area contributed by atoms with Crippen LogP contribution in [0.3, 0.4) is 0 Å². The van der Waals surface area contributed by atoms with Gasteiger partial charge in [0, 0.05) is 38.6 Å². The van der Waals surface area contributed by atoms with Crippen LogP contribution in [0.5, 0.6) is 5.75 Å². The molecule has 0 atom stereocenters. The van der Waals surface area contributed by atoms with Crippen molar-refractivity contribution in [1.29, 1.82) is 0 Å². The minimum Gasteiger partial charge on any atom is -0.497 e. The van der Waals surface area contributed by atoms with Crippen LogP contribution in [-0.2, 0) is 14.3 Å². The van der Waals surface area contributed by atoms with Crippen LogP contribution in [-0.4, -0.2) is 60.8 Å². The molecule has 0 saturated carbocycles. The Kier molecular flexibility index (Phi) is 10.9. The van der Waals surface area contributed by atoms with Crippen LogP contribution in [0.4, 0.5) is 5.13 Å². The number of unbranched alkanes of at least 4 members (excludes halogenated alkanes) is 3. The summed E-state index contributed by atoms with van der Waals surface area (Å²) in [7, 11) is 3.22. The summed E-state index contributed by atoms with van der Waals surface area (Å²) in [4.78, 5) is 26.6. The monoisotopic (exact) mass is 448 g/mol. The summed E-state index contributed by atoms with van der Waals surface area (Å²) in [5, 5.41) is 12.1. The van der Waals surface area contributed by atoms with Crippen molar-refractivity contribution in [3.8, 4) is 16.3 Å². The summed E-state index contributed by atoms with van der Waals surface area (Å²) in [5.74, 6) is 0.636. The fourth-order valence-corrected chi connectivity index (χ4v) is 3.73. The van der Waals surface area contributed by atoms with Gasteiger partial charge in [-0.25, -0.2) is 0 Å². The number of hydrogen-bond acceptors (Lipinski definition) is 7. The van der Waals surface area contributed by atoms with Crippen LogP contribution in [0.25, 0.3) is 10.6 Å². The molecule has 0 aliphatic heterocycles. The van der Waals surface area contributed by atoms with E-state index >= 15 is 0 Å². The number of aromatic nitrogens is 2. The first-order valence-corrected chi connectivity index (χ1v) is 11.4. The van der Waals surface area contributed by atoms with Gasteiger partial charge in [0.2, 0.25) is 16.9 Å². The molecule has 0 spiro atoms. The predicted molar refractivity (Wildman–Crippen MR) is 122 cm³/mol. The Morgan fingerprint density at radius 1 is 1.03 bits per heavy atom. The molecule has 1 aromatic carbocycles. The Morgan fingerprint density at radius 3 is 2.48 bits per heavy atom. The molecule has 8 nitrogen and oxygen atoms in total. The van der Waals surface area contributed by atoms with Crippen LogP contribution >= 0.6 is 11.3 Å².